The van der Waals surface area contributed by atoms with Gasteiger partial charge in [0, 0.05) is 43.1 Å². The molecule has 2 aromatic rings. The first-order chi connectivity index (χ1) is 12.7. The van der Waals surface area contributed by atoms with Gasteiger partial charge in [-0.25, -0.2) is 0 Å². The number of piperidine rings is 1. The highest BCUT2D eigenvalue weighted by Crippen LogP contribution is 2.34. The molecule has 0 spiro atoms. The SMILES string of the molecule is CNC(=O)c1cccc(N2CCC(N3C(=O)Cc4ccccc43)CC2)c1. The van der Waals surface area contributed by atoms with Crippen LogP contribution in [0.15, 0.2) is 48.5 Å². The second-order valence-electron chi connectivity index (χ2n) is 6.92. The Balaban J connectivity index is 1.47. The van der Waals surface area contributed by atoms with Gasteiger partial charge in [0.25, 0.3) is 5.91 Å². The third-order valence-electron chi connectivity index (χ3n) is 5.39. The number of hydrogen-bond donors (Lipinski definition) is 1. The molecule has 0 aromatic heterocycles. The molecule has 1 saturated heterocycles. The molecule has 0 bridgehead atoms. The third-order valence-corrected chi connectivity index (χ3v) is 5.39. The highest BCUT2D eigenvalue weighted by atomic mass is 16.2. The average molecular weight is 349 g/mol. The van der Waals surface area contributed by atoms with Gasteiger partial charge in [0.2, 0.25) is 5.91 Å². The summed E-state index contributed by atoms with van der Waals surface area (Å²) in [6.45, 7) is 1.77. The molecule has 0 unspecified atom stereocenters. The van der Waals surface area contributed by atoms with Crippen molar-refractivity contribution in [2.75, 3.05) is 29.9 Å². The maximum absolute atomic E-state index is 12.5. The molecule has 0 radical (unpaired) electrons. The van der Waals surface area contributed by atoms with Crippen molar-refractivity contribution in [1.82, 2.24) is 5.32 Å². The maximum Gasteiger partial charge on any atom is 0.251 e. The lowest BCUT2D eigenvalue weighted by Gasteiger charge is -2.38. The first-order valence-corrected chi connectivity index (χ1v) is 9.14. The van der Waals surface area contributed by atoms with E-state index < -0.39 is 0 Å². The lowest BCUT2D eigenvalue weighted by atomic mass is 10.0. The van der Waals surface area contributed by atoms with Crippen molar-refractivity contribution in [2.45, 2.75) is 25.3 Å². The number of fused-ring (bicyclic) bond motifs is 1. The van der Waals surface area contributed by atoms with Crippen molar-refractivity contribution in [2.24, 2.45) is 0 Å². The number of rotatable bonds is 3. The van der Waals surface area contributed by atoms with Gasteiger partial charge in [0.15, 0.2) is 0 Å². The summed E-state index contributed by atoms with van der Waals surface area (Å²) in [5.41, 5.74) is 3.96. The van der Waals surface area contributed by atoms with Gasteiger partial charge in [0.1, 0.15) is 0 Å². The maximum atomic E-state index is 12.5. The van der Waals surface area contributed by atoms with E-state index in [0.717, 1.165) is 42.9 Å². The Hall–Kier alpha value is -2.82. The smallest absolute Gasteiger partial charge is 0.251 e. The molecular formula is C21H23N3O2. The van der Waals surface area contributed by atoms with Gasteiger partial charge in [-0.05, 0) is 42.7 Å². The highest BCUT2D eigenvalue weighted by Gasteiger charge is 2.34. The van der Waals surface area contributed by atoms with Gasteiger partial charge in [-0.3, -0.25) is 9.59 Å². The molecule has 26 heavy (non-hydrogen) atoms. The quantitative estimate of drug-likeness (QED) is 0.927. The number of nitrogens with zero attached hydrogens (tertiary/aromatic N) is 2. The number of amides is 2. The van der Waals surface area contributed by atoms with E-state index in [2.05, 4.69) is 16.3 Å². The number of nitrogens with one attached hydrogen (secondary N) is 1. The van der Waals surface area contributed by atoms with Crippen molar-refractivity contribution in [1.29, 1.82) is 0 Å². The Morgan fingerprint density at radius 2 is 1.85 bits per heavy atom. The zero-order valence-corrected chi connectivity index (χ0v) is 14.9. The molecule has 134 valence electrons. The first kappa shape index (κ1) is 16.6. The summed E-state index contributed by atoms with van der Waals surface area (Å²) in [7, 11) is 1.64. The van der Waals surface area contributed by atoms with E-state index in [0.29, 0.717) is 12.0 Å². The number of carbonyl (C=O) groups excluding carboxylic acids is 2. The molecule has 4 rings (SSSR count). The molecule has 0 saturated carbocycles. The Kier molecular flexibility index (Phi) is 4.37. The van der Waals surface area contributed by atoms with Crippen molar-refractivity contribution in [3.8, 4) is 0 Å². The van der Waals surface area contributed by atoms with E-state index in [1.165, 1.54) is 0 Å². The van der Waals surface area contributed by atoms with Crippen molar-refractivity contribution >= 4 is 23.2 Å². The first-order valence-electron chi connectivity index (χ1n) is 9.14. The summed E-state index contributed by atoms with van der Waals surface area (Å²) >= 11 is 0. The fourth-order valence-corrected chi connectivity index (χ4v) is 4.05. The fraction of sp³-hybridized carbons (Fsp3) is 0.333. The zero-order valence-electron chi connectivity index (χ0n) is 14.9. The van der Waals surface area contributed by atoms with Gasteiger partial charge in [-0.1, -0.05) is 24.3 Å². The molecule has 5 heteroatoms. The summed E-state index contributed by atoms with van der Waals surface area (Å²) in [4.78, 5) is 28.7. The highest BCUT2D eigenvalue weighted by molar-refractivity contribution is 6.02. The lowest BCUT2D eigenvalue weighted by molar-refractivity contribution is -0.117. The normalized spacial score (nSPS) is 17.3. The molecule has 2 amide bonds. The number of benzene rings is 2. The molecule has 1 N–H and O–H groups in total. The molecule has 0 aliphatic carbocycles. The Bertz CT molecular complexity index is 841. The minimum Gasteiger partial charge on any atom is -0.371 e. The topological polar surface area (TPSA) is 52.7 Å². The van der Waals surface area contributed by atoms with Crippen LogP contribution in [0.5, 0.6) is 0 Å². The van der Waals surface area contributed by atoms with Crippen LogP contribution >= 0.6 is 0 Å². The van der Waals surface area contributed by atoms with Crippen LogP contribution in [0.3, 0.4) is 0 Å². The van der Waals surface area contributed by atoms with Gasteiger partial charge >= 0.3 is 0 Å². The van der Waals surface area contributed by atoms with Crippen molar-refractivity contribution < 1.29 is 9.59 Å². The van der Waals surface area contributed by atoms with E-state index in [9.17, 15) is 9.59 Å². The fourth-order valence-electron chi connectivity index (χ4n) is 4.05. The van der Waals surface area contributed by atoms with Crippen LogP contribution in [0.1, 0.15) is 28.8 Å². The Morgan fingerprint density at radius 1 is 1.08 bits per heavy atom. The van der Waals surface area contributed by atoms with Crippen LogP contribution in [0, 0.1) is 0 Å². The van der Waals surface area contributed by atoms with Crippen LogP contribution in [0.4, 0.5) is 11.4 Å². The van der Waals surface area contributed by atoms with Gasteiger partial charge in [-0.2, -0.15) is 0 Å². The largest absolute Gasteiger partial charge is 0.371 e. The summed E-state index contributed by atoms with van der Waals surface area (Å²) in [6.07, 6.45) is 2.39. The van der Waals surface area contributed by atoms with E-state index in [1.807, 2.05) is 47.4 Å². The summed E-state index contributed by atoms with van der Waals surface area (Å²) < 4.78 is 0. The molecule has 2 aromatic carbocycles. The number of hydrogen-bond acceptors (Lipinski definition) is 3. The lowest BCUT2D eigenvalue weighted by Crippen LogP contribution is -2.46. The average Bonchev–Trinajstić information content (AvgIpc) is 3.03. The summed E-state index contributed by atoms with van der Waals surface area (Å²) in [5.74, 6) is 0.146. The monoisotopic (exact) mass is 349 g/mol. The van der Waals surface area contributed by atoms with Crippen LogP contribution in [0.25, 0.3) is 0 Å². The molecule has 0 atom stereocenters. The van der Waals surface area contributed by atoms with Crippen molar-refractivity contribution in [3.05, 3.63) is 59.7 Å². The van der Waals surface area contributed by atoms with E-state index in [1.54, 1.807) is 7.05 Å². The predicted molar refractivity (Wildman–Crippen MR) is 103 cm³/mol. The van der Waals surface area contributed by atoms with E-state index >= 15 is 0 Å². The standard InChI is InChI=1S/C21H23N3O2/c1-22-21(26)16-6-4-7-18(13-16)23-11-9-17(10-12-23)24-19-8-3-2-5-15(19)14-20(24)25/h2-8,13,17H,9-12,14H2,1H3,(H,22,26). The molecule has 2 aliphatic heterocycles. The molecule has 5 nitrogen and oxygen atoms in total. The van der Waals surface area contributed by atoms with Crippen LogP contribution in [0.2, 0.25) is 0 Å². The summed E-state index contributed by atoms with van der Waals surface area (Å²) in [5, 5.41) is 2.67. The van der Waals surface area contributed by atoms with Gasteiger partial charge in [0.05, 0.1) is 6.42 Å². The number of anilines is 2. The molecule has 2 aliphatic rings. The third kappa shape index (κ3) is 2.94. The van der Waals surface area contributed by atoms with Crippen molar-refractivity contribution in [3.63, 3.8) is 0 Å². The second-order valence-corrected chi connectivity index (χ2v) is 6.92. The molecular weight excluding hydrogens is 326 g/mol. The molecule has 1 fully saturated rings. The van der Waals surface area contributed by atoms with Gasteiger partial charge < -0.3 is 15.1 Å². The number of para-hydroxylation sites is 1. The van der Waals surface area contributed by atoms with Crippen LogP contribution < -0.4 is 15.1 Å². The minimum absolute atomic E-state index is 0.0685. The van der Waals surface area contributed by atoms with Crippen LogP contribution in [-0.4, -0.2) is 38.0 Å². The van der Waals surface area contributed by atoms with E-state index in [-0.39, 0.29) is 17.9 Å². The molecule has 2 heterocycles. The number of carbonyl (C=O) groups is 2. The second kappa shape index (κ2) is 6.83. The Labute approximate surface area is 153 Å². The van der Waals surface area contributed by atoms with Crippen LogP contribution in [-0.2, 0) is 11.2 Å². The predicted octanol–water partition coefficient (Wildman–Crippen LogP) is 2.60. The van der Waals surface area contributed by atoms with Gasteiger partial charge in [-0.15, -0.1) is 0 Å². The summed E-state index contributed by atoms with van der Waals surface area (Å²) in [6, 6.07) is 16.1. The Morgan fingerprint density at radius 3 is 2.62 bits per heavy atom. The minimum atomic E-state index is -0.0685. The van der Waals surface area contributed by atoms with E-state index in [4.69, 9.17) is 0 Å². The zero-order chi connectivity index (χ0) is 18.1.